The average molecular weight is 512 g/mol. The first-order valence-corrected chi connectivity index (χ1v) is 12.4. The summed E-state index contributed by atoms with van der Waals surface area (Å²) in [6.45, 7) is 8.02. The SMILES string of the molecule is C=CC(=O)Nc1cc(Nc2cc(-c3cn(CC)c4ccccc34)ncn2)c(C=O)cc1N(C)CCN(C)C. The summed E-state index contributed by atoms with van der Waals surface area (Å²) >= 11 is 0. The molecule has 2 aromatic heterocycles. The third-order valence-corrected chi connectivity index (χ3v) is 6.37. The van der Waals surface area contributed by atoms with Gasteiger partial charge in [-0.05, 0) is 45.3 Å². The lowest BCUT2D eigenvalue weighted by molar-refractivity contribution is -0.111. The van der Waals surface area contributed by atoms with Crippen LogP contribution in [0, 0.1) is 0 Å². The minimum atomic E-state index is -0.339. The fraction of sp³-hybridized carbons (Fsp3) is 0.241. The van der Waals surface area contributed by atoms with E-state index in [-0.39, 0.29) is 5.91 Å². The fourth-order valence-electron chi connectivity index (χ4n) is 4.30. The minimum absolute atomic E-state index is 0.339. The van der Waals surface area contributed by atoms with E-state index in [1.54, 1.807) is 12.1 Å². The van der Waals surface area contributed by atoms with Gasteiger partial charge in [0.15, 0.2) is 6.29 Å². The Bertz CT molecular complexity index is 1480. The number of aryl methyl sites for hydroxylation is 1. The lowest BCUT2D eigenvalue weighted by Crippen LogP contribution is -2.29. The van der Waals surface area contributed by atoms with E-state index in [9.17, 15) is 9.59 Å². The molecule has 0 unspecified atom stereocenters. The molecule has 0 radical (unpaired) electrons. The van der Waals surface area contributed by atoms with E-state index >= 15 is 0 Å². The molecule has 0 aliphatic carbocycles. The predicted octanol–water partition coefficient (Wildman–Crippen LogP) is 4.80. The molecule has 9 heteroatoms. The van der Waals surface area contributed by atoms with Crippen molar-refractivity contribution in [2.45, 2.75) is 13.5 Å². The van der Waals surface area contributed by atoms with Crippen molar-refractivity contribution in [3.05, 3.63) is 73.2 Å². The minimum Gasteiger partial charge on any atom is -0.372 e. The van der Waals surface area contributed by atoms with Gasteiger partial charge in [0.25, 0.3) is 0 Å². The second kappa shape index (κ2) is 11.7. The highest BCUT2D eigenvalue weighted by atomic mass is 16.1. The zero-order chi connectivity index (χ0) is 27.2. The first kappa shape index (κ1) is 26.6. The maximum atomic E-state index is 12.2. The number of anilines is 4. The monoisotopic (exact) mass is 511 g/mol. The Balaban J connectivity index is 1.72. The Kier molecular flexibility index (Phi) is 8.18. The molecule has 0 bridgehead atoms. The van der Waals surface area contributed by atoms with Gasteiger partial charge < -0.3 is 25.0 Å². The molecule has 0 saturated carbocycles. The Morgan fingerprint density at radius 3 is 2.58 bits per heavy atom. The van der Waals surface area contributed by atoms with Gasteiger partial charge in [-0.2, -0.15) is 0 Å². The number of aldehydes is 1. The molecule has 38 heavy (non-hydrogen) atoms. The number of carbonyl (C=O) groups excluding carboxylic acids is 2. The van der Waals surface area contributed by atoms with Crippen LogP contribution in [0.25, 0.3) is 22.2 Å². The molecule has 0 aliphatic rings. The van der Waals surface area contributed by atoms with Gasteiger partial charge in [-0.1, -0.05) is 24.8 Å². The number of carbonyl (C=O) groups is 2. The number of rotatable bonds is 11. The topological polar surface area (TPSA) is 95.4 Å². The normalized spacial score (nSPS) is 11.0. The van der Waals surface area contributed by atoms with Crippen LogP contribution in [0.4, 0.5) is 22.9 Å². The molecule has 0 spiro atoms. The molecule has 0 fully saturated rings. The van der Waals surface area contributed by atoms with Crippen molar-refractivity contribution in [3.63, 3.8) is 0 Å². The van der Waals surface area contributed by atoms with E-state index < -0.39 is 0 Å². The van der Waals surface area contributed by atoms with Crippen molar-refractivity contribution in [2.75, 3.05) is 49.8 Å². The number of fused-ring (bicyclic) bond motifs is 1. The van der Waals surface area contributed by atoms with Crippen molar-refractivity contribution in [1.82, 2.24) is 19.4 Å². The van der Waals surface area contributed by atoms with E-state index in [4.69, 9.17) is 0 Å². The molecular weight excluding hydrogens is 478 g/mol. The molecule has 4 aromatic rings. The van der Waals surface area contributed by atoms with E-state index in [0.717, 1.165) is 47.2 Å². The van der Waals surface area contributed by atoms with Gasteiger partial charge in [0.2, 0.25) is 5.91 Å². The number of amides is 1. The lowest BCUT2D eigenvalue weighted by Gasteiger charge is -2.25. The maximum Gasteiger partial charge on any atom is 0.247 e. The molecule has 2 heterocycles. The lowest BCUT2D eigenvalue weighted by atomic mass is 10.1. The van der Waals surface area contributed by atoms with Crippen molar-refractivity contribution in [3.8, 4) is 11.3 Å². The van der Waals surface area contributed by atoms with Crippen LogP contribution in [0.2, 0.25) is 0 Å². The Hall–Kier alpha value is -4.50. The molecular formula is C29H33N7O2. The summed E-state index contributed by atoms with van der Waals surface area (Å²) in [6, 6.07) is 13.6. The van der Waals surface area contributed by atoms with Crippen LogP contribution in [0.1, 0.15) is 17.3 Å². The standard InChI is InChI=1S/C29H33N7O2/c1-6-29(38)33-25-15-23(20(18-37)14-27(25)35(5)13-12-34(3)4)32-28-16-24(30-19-31-28)22-17-36(7-2)26-11-9-8-10-21(22)26/h6,8-11,14-19H,1,7,12-13H2,2-5H3,(H,33,38)(H,30,31,32). The van der Waals surface area contributed by atoms with Gasteiger partial charge in [-0.25, -0.2) is 9.97 Å². The molecule has 0 saturated heterocycles. The quantitative estimate of drug-likeness (QED) is 0.221. The number of aromatic nitrogens is 3. The van der Waals surface area contributed by atoms with Gasteiger partial charge in [0, 0.05) is 61.0 Å². The van der Waals surface area contributed by atoms with Crippen molar-refractivity contribution < 1.29 is 9.59 Å². The molecule has 2 N–H and O–H groups in total. The molecule has 196 valence electrons. The van der Waals surface area contributed by atoms with Crippen molar-refractivity contribution in [1.29, 1.82) is 0 Å². The first-order chi connectivity index (χ1) is 18.3. The Labute approximate surface area is 222 Å². The van der Waals surface area contributed by atoms with Crippen LogP contribution in [-0.2, 0) is 11.3 Å². The van der Waals surface area contributed by atoms with E-state index in [0.29, 0.717) is 29.3 Å². The summed E-state index contributed by atoms with van der Waals surface area (Å²) in [5.74, 6) is 0.190. The molecule has 2 aromatic carbocycles. The number of hydrogen-bond donors (Lipinski definition) is 2. The number of likely N-dealkylation sites (N-methyl/N-ethyl adjacent to an activating group) is 2. The molecule has 4 rings (SSSR count). The number of hydrogen-bond acceptors (Lipinski definition) is 7. The zero-order valence-electron chi connectivity index (χ0n) is 22.2. The summed E-state index contributed by atoms with van der Waals surface area (Å²) in [5.41, 5.74) is 5.15. The van der Waals surface area contributed by atoms with Gasteiger partial charge in [0.1, 0.15) is 12.1 Å². The average Bonchev–Trinajstić information content (AvgIpc) is 3.31. The van der Waals surface area contributed by atoms with Gasteiger partial charge in [-0.15, -0.1) is 0 Å². The zero-order valence-corrected chi connectivity index (χ0v) is 22.2. The smallest absolute Gasteiger partial charge is 0.247 e. The first-order valence-electron chi connectivity index (χ1n) is 12.4. The number of para-hydroxylation sites is 1. The van der Waals surface area contributed by atoms with E-state index in [1.165, 1.54) is 12.4 Å². The molecule has 1 amide bonds. The highest BCUT2D eigenvalue weighted by Crippen LogP contribution is 2.34. The van der Waals surface area contributed by atoms with Crippen molar-refractivity contribution in [2.24, 2.45) is 0 Å². The van der Waals surface area contributed by atoms with Crippen molar-refractivity contribution >= 4 is 46.0 Å². The van der Waals surface area contributed by atoms with Crippen LogP contribution in [-0.4, -0.2) is 65.9 Å². The fourth-order valence-corrected chi connectivity index (χ4v) is 4.30. The Morgan fingerprint density at radius 2 is 1.87 bits per heavy atom. The van der Waals surface area contributed by atoms with E-state index in [1.807, 2.05) is 44.2 Å². The van der Waals surface area contributed by atoms with Crippen LogP contribution < -0.4 is 15.5 Å². The second-order valence-electron chi connectivity index (χ2n) is 9.25. The van der Waals surface area contributed by atoms with Gasteiger partial charge in [-0.3, -0.25) is 9.59 Å². The van der Waals surface area contributed by atoms with Crippen LogP contribution in [0.5, 0.6) is 0 Å². The van der Waals surface area contributed by atoms with E-state index in [2.05, 4.69) is 61.9 Å². The van der Waals surface area contributed by atoms with Crippen LogP contribution in [0.15, 0.2) is 67.6 Å². The third-order valence-electron chi connectivity index (χ3n) is 6.37. The number of nitrogens with one attached hydrogen (secondary N) is 2. The second-order valence-corrected chi connectivity index (χ2v) is 9.25. The Morgan fingerprint density at radius 1 is 1.08 bits per heavy atom. The predicted molar refractivity (Wildman–Crippen MR) is 154 cm³/mol. The largest absolute Gasteiger partial charge is 0.372 e. The number of benzene rings is 2. The summed E-state index contributed by atoms with van der Waals surface area (Å²) in [5, 5.41) is 7.23. The van der Waals surface area contributed by atoms with Crippen LogP contribution in [0.3, 0.4) is 0 Å². The summed E-state index contributed by atoms with van der Waals surface area (Å²) < 4.78 is 2.18. The molecule has 0 atom stereocenters. The van der Waals surface area contributed by atoms with Gasteiger partial charge in [0.05, 0.1) is 22.8 Å². The maximum absolute atomic E-state index is 12.2. The van der Waals surface area contributed by atoms with Gasteiger partial charge >= 0.3 is 0 Å². The molecule has 0 aliphatic heterocycles. The summed E-state index contributed by atoms with van der Waals surface area (Å²) in [6.07, 6.45) is 5.60. The molecule has 9 nitrogen and oxygen atoms in total. The van der Waals surface area contributed by atoms with Crippen LogP contribution >= 0.6 is 0 Å². The summed E-state index contributed by atoms with van der Waals surface area (Å²) in [4.78, 5) is 37.3. The highest BCUT2D eigenvalue weighted by Gasteiger charge is 2.16. The highest BCUT2D eigenvalue weighted by molar-refractivity contribution is 6.03. The summed E-state index contributed by atoms with van der Waals surface area (Å²) in [7, 11) is 5.91. The third kappa shape index (κ3) is 5.73. The number of nitrogens with zero attached hydrogens (tertiary/aromatic N) is 5.